The standard InChI is InChI=1S/C16H20F3NO4/c1-3-24-10-6-9-13(21)20-14(15(22)23-2)11-7-4-5-8-12(11)16(17,18)19/h4-5,7-8,14H,3,6,9-10H2,1-2H3,(H,20,21)/t14-/m0/s1. The van der Waals surface area contributed by atoms with E-state index in [1.54, 1.807) is 6.92 Å². The number of methoxy groups -OCH3 is 1. The molecule has 1 aromatic rings. The summed E-state index contributed by atoms with van der Waals surface area (Å²) in [6.07, 6.45) is -4.22. The lowest BCUT2D eigenvalue weighted by Crippen LogP contribution is -2.35. The molecule has 0 aromatic heterocycles. The van der Waals surface area contributed by atoms with Crippen molar-refractivity contribution in [3.8, 4) is 0 Å². The highest BCUT2D eigenvalue weighted by atomic mass is 19.4. The summed E-state index contributed by atoms with van der Waals surface area (Å²) in [4.78, 5) is 23.8. The highest BCUT2D eigenvalue weighted by Gasteiger charge is 2.37. The molecule has 0 radical (unpaired) electrons. The van der Waals surface area contributed by atoms with Crippen LogP contribution in [0.4, 0.5) is 13.2 Å². The lowest BCUT2D eigenvalue weighted by molar-refractivity contribution is -0.147. The maximum atomic E-state index is 13.1. The van der Waals surface area contributed by atoms with Crippen molar-refractivity contribution in [1.82, 2.24) is 5.32 Å². The van der Waals surface area contributed by atoms with Crippen LogP contribution in [-0.4, -0.2) is 32.2 Å². The quantitative estimate of drug-likeness (QED) is 0.580. The first-order valence-corrected chi connectivity index (χ1v) is 7.42. The number of amides is 1. The number of esters is 1. The maximum Gasteiger partial charge on any atom is 0.416 e. The zero-order valence-corrected chi connectivity index (χ0v) is 13.5. The smallest absolute Gasteiger partial charge is 0.416 e. The van der Waals surface area contributed by atoms with Crippen molar-refractivity contribution < 1.29 is 32.2 Å². The minimum atomic E-state index is -4.65. The zero-order chi connectivity index (χ0) is 18.2. The molecule has 1 N–H and O–H groups in total. The Kier molecular flexibility index (Phi) is 7.70. The summed E-state index contributed by atoms with van der Waals surface area (Å²) in [6, 6.07) is 3.05. The minimum absolute atomic E-state index is 0.0294. The summed E-state index contributed by atoms with van der Waals surface area (Å²) in [7, 11) is 1.05. The molecular weight excluding hydrogens is 327 g/mol. The Labute approximate surface area is 138 Å². The molecule has 0 unspecified atom stereocenters. The van der Waals surface area contributed by atoms with Gasteiger partial charge in [-0.3, -0.25) is 4.79 Å². The van der Waals surface area contributed by atoms with Crippen molar-refractivity contribution in [3.05, 3.63) is 35.4 Å². The van der Waals surface area contributed by atoms with Crippen LogP contribution in [0, 0.1) is 0 Å². The van der Waals surface area contributed by atoms with Crippen LogP contribution in [0.1, 0.15) is 36.9 Å². The van der Waals surface area contributed by atoms with Gasteiger partial charge >= 0.3 is 12.1 Å². The van der Waals surface area contributed by atoms with Crippen LogP contribution in [0.3, 0.4) is 0 Å². The van der Waals surface area contributed by atoms with E-state index in [0.29, 0.717) is 19.6 Å². The lowest BCUT2D eigenvalue weighted by Gasteiger charge is -2.21. The van der Waals surface area contributed by atoms with Gasteiger partial charge in [0.15, 0.2) is 6.04 Å². The second kappa shape index (κ2) is 9.27. The Morgan fingerprint density at radius 2 is 1.92 bits per heavy atom. The number of benzene rings is 1. The molecule has 0 spiro atoms. The van der Waals surface area contributed by atoms with E-state index in [1.807, 2.05) is 0 Å². The average molecular weight is 347 g/mol. The summed E-state index contributed by atoms with van der Waals surface area (Å²) >= 11 is 0. The molecule has 5 nitrogen and oxygen atoms in total. The van der Waals surface area contributed by atoms with Gasteiger partial charge in [-0.1, -0.05) is 18.2 Å². The number of carbonyl (C=O) groups excluding carboxylic acids is 2. The predicted molar refractivity (Wildman–Crippen MR) is 80.1 cm³/mol. The minimum Gasteiger partial charge on any atom is -0.467 e. The van der Waals surface area contributed by atoms with E-state index in [4.69, 9.17) is 4.74 Å². The van der Waals surface area contributed by atoms with Crippen LogP contribution in [0.15, 0.2) is 24.3 Å². The van der Waals surface area contributed by atoms with E-state index in [-0.39, 0.29) is 12.0 Å². The van der Waals surface area contributed by atoms with Crippen LogP contribution in [0.2, 0.25) is 0 Å². The highest BCUT2D eigenvalue weighted by molar-refractivity contribution is 5.85. The van der Waals surface area contributed by atoms with Gasteiger partial charge in [-0.05, 0) is 25.0 Å². The van der Waals surface area contributed by atoms with Gasteiger partial charge in [0.05, 0.1) is 12.7 Å². The van der Waals surface area contributed by atoms with Gasteiger partial charge in [-0.25, -0.2) is 4.79 Å². The monoisotopic (exact) mass is 347 g/mol. The molecule has 0 aliphatic rings. The number of halogens is 3. The predicted octanol–water partition coefficient (Wildman–Crippen LogP) is 2.85. The molecule has 0 aliphatic carbocycles. The van der Waals surface area contributed by atoms with Gasteiger partial charge in [0.25, 0.3) is 0 Å². The van der Waals surface area contributed by atoms with Gasteiger partial charge in [0.1, 0.15) is 0 Å². The largest absolute Gasteiger partial charge is 0.467 e. The molecule has 0 saturated carbocycles. The molecule has 0 saturated heterocycles. The SMILES string of the molecule is CCOCCCC(=O)N[C@H](C(=O)OC)c1ccccc1C(F)(F)F. The molecule has 1 rings (SSSR count). The first kappa shape index (κ1) is 20.0. The van der Waals surface area contributed by atoms with E-state index in [0.717, 1.165) is 19.2 Å². The van der Waals surface area contributed by atoms with Crippen molar-refractivity contribution in [2.75, 3.05) is 20.3 Å². The third-order valence-electron chi connectivity index (χ3n) is 3.22. The van der Waals surface area contributed by atoms with Crippen LogP contribution < -0.4 is 5.32 Å². The fraction of sp³-hybridized carbons (Fsp3) is 0.500. The van der Waals surface area contributed by atoms with Gasteiger partial charge in [-0.2, -0.15) is 13.2 Å². The number of nitrogens with one attached hydrogen (secondary N) is 1. The van der Waals surface area contributed by atoms with Crippen LogP contribution in [0.25, 0.3) is 0 Å². The van der Waals surface area contributed by atoms with E-state index >= 15 is 0 Å². The fourth-order valence-electron chi connectivity index (χ4n) is 2.10. The molecule has 1 aromatic carbocycles. The molecule has 24 heavy (non-hydrogen) atoms. The van der Waals surface area contributed by atoms with Crippen molar-refractivity contribution in [2.45, 2.75) is 32.0 Å². The number of ether oxygens (including phenoxy) is 2. The number of hydrogen-bond acceptors (Lipinski definition) is 4. The Morgan fingerprint density at radius 1 is 1.25 bits per heavy atom. The van der Waals surface area contributed by atoms with E-state index < -0.39 is 29.7 Å². The third kappa shape index (κ3) is 5.84. The van der Waals surface area contributed by atoms with Crippen LogP contribution in [0.5, 0.6) is 0 Å². The summed E-state index contributed by atoms with van der Waals surface area (Å²) in [5, 5.41) is 2.30. The first-order chi connectivity index (χ1) is 11.3. The number of alkyl halides is 3. The molecule has 0 bridgehead atoms. The van der Waals surface area contributed by atoms with E-state index in [2.05, 4.69) is 10.1 Å². The molecule has 8 heteroatoms. The molecular formula is C16H20F3NO4. The number of carbonyl (C=O) groups is 2. The van der Waals surface area contributed by atoms with E-state index in [9.17, 15) is 22.8 Å². The Hall–Kier alpha value is -2.09. The normalized spacial score (nSPS) is 12.5. The lowest BCUT2D eigenvalue weighted by atomic mass is 9.99. The third-order valence-corrected chi connectivity index (χ3v) is 3.22. The topological polar surface area (TPSA) is 64.6 Å². The fourth-order valence-corrected chi connectivity index (χ4v) is 2.10. The van der Waals surface area contributed by atoms with Crippen molar-refractivity contribution in [1.29, 1.82) is 0 Å². The van der Waals surface area contributed by atoms with Gasteiger partial charge in [0.2, 0.25) is 5.91 Å². The zero-order valence-electron chi connectivity index (χ0n) is 13.5. The molecule has 1 amide bonds. The molecule has 0 heterocycles. The summed E-state index contributed by atoms with van der Waals surface area (Å²) in [5.41, 5.74) is -1.34. The first-order valence-electron chi connectivity index (χ1n) is 7.42. The van der Waals surface area contributed by atoms with Crippen molar-refractivity contribution >= 4 is 11.9 Å². The number of hydrogen-bond donors (Lipinski definition) is 1. The maximum absolute atomic E-state index is 13.1. The Bertz CT molecular complexity index is 560. The Balaban J connectivity index is 2.95. The summed E-state index contributed by atoms with van der Waals surface area (Å²) in [5.74, 6) is -1.52. The van der Waals surface area contributed by atoms with Gasteiger partial charge < -0.3 is 14.8 Å². The van der Waals surface area contributed by atoms with Crippen molar-refractivity contribution in [2.24, 2.45) is 0 Å². The van der Waals surface area contributed by atoms with Gasteiger partial charge in [0, 0.05) is 19.6 Å². The molecule has 1 atom stereocenters. The van der Waals surface area contributed by atoms with Crippen LogP contribution in [-0.2, 0) is 25.2 Å². The second-order valence-corrected chi connectivity index (χ2v) is 4.91. The highest BCUT2D eigenvalue weighted by Crippen LogP contribution is 2.34. The van der Waals surface area contributed by atoms with Gasteiger partial charge in [-0.15, -0.1) is 0 Å². The Morgan fingerprint density at radius 3 is 2.50 bits per heavy atom. The molecule has 0 fully saturated rings. The van der Waals surface area contributed by atoms with E-state index in [1.165, 1.54) is 12.1 Å². The molecule has 134 valence electrons. The van der Waals surface area contributed by atoms with Crippen molar-refractivity contribution in [3.63, 3.8) is 0 Å². The average Bonchev–Trinajstić information content (AvgIpc) is 2.55. The molecule has 0 aliphatic heterocycles. The number of rotatable bonds is 8. The van der Waals surface area contributed by atoms with Crippen LogP contribution >= 0.6 is 0 Å². The summed E-state index contributed by atoms with van der Waals surface area (Å²) < 4.78 is 49.0. The second-order valence-electron chi connectivity index (χ2n) is 4.91. The summed E-state index contributed by atoms with van der Waals surface area (Å²) in [6.45, 7) is 2.67.